The minimum Gasteiger partial charge on any atom is -0.337 e. The van der Waals surface area contributed by atoms with Gasteiger partial charge in [0.2, 0.25) is 11.9 Å². The van der Waals surface area contributed by atoms with Gasteiger partial charge in [-0.3, -0.25) is 4.79 Å². The van der Waals surface area contributed by atoms with E-state index in [2.05, 4.69) is 35.1 Å². The molecular formula is C20H18N8O. The van der Waals surface area contributed by atoms with Gasteiger partial charge < -0.3 is 15.1 Å². The zero-order chi connectivity index (χ0) is 20.1. The molecule has 0 unspecified atom stereocenters. The number of amides is 1. The van der Waals surface area contributed by atoms with Gasteiger partial charge in [-0.05, 0) is 24.3 Å². The second kappa shape index (κ2) is 8.31. The minimum atomic E-state index is -0.322. The van der Waals surface area contributed by atoms with Gasteiger partial charge in [0.15, 0.2) is 0 Å². The van der Waals surface area contributed by atoms with Crippen molar-refractivity contribution in [1.82, 2.24) is 19.9 Å². The third-order valence-corrected chi connectivity index (χ3v) is 4.55. The maximum atomic E-state index is 12.4. The molecule has 3 heterocycles. The average Bonchev–Trinajstić information content (AvgIpc) is 2.80. The topological polar surface area (TPSA) is 111 Å². The lowest BCUT2D eigenvalue weighted by molar-refractivity contribution is 0.102. The van der Waals surface area contributed by atoms with Crippen molar-refractivity contribution in [3.63, 3.8) is 0 Å². The standard InChI is InChI=1S/C20H18N8O/c21-12-15-3-1-4-17(11-15)26-18(29)16-13-24-20(25-14-16)28-9-7-27(8-10-28)19-22-5-2-6-23-19/h1-6,11,13-14H,7-10H2,(H,26,29). The molecule has 0 saturated carbocycles. The number of nitriles is 1. The molecule has 0 spiro atoms. The molecule has 1 amide bonds. The second-order valence-corrected chi connectivity index (χ2v) is 6.44. The van der Waals surface area contributed by atoms with Crippen molar-refractivity contribution in [2.45, 2.75) is 0 Å². The largest absolute Gasteiger partial charge is 0.337 e. The Morgan fingerprint density at radius 1 is 0.931 bits per heavy atom. The van der Waals surface area contributed by atoms with Crippen molar-refractivity contribution in [1.29, 1.82) is 5.26 Å². The normalized spacial score (nSPS) is 13.6. The van der Waals surface area contributed by atoms with Gasteiger partial charge in [-0.15, -0.1) is 0 Å². The van der Waals surface area contributed by atoms with Crippen molar-refractivity contribution in [3.8, 4) is 6.07 Å². The van der Waals surface area contributed by atoms with Gasteiger partial charge in [-0.25, -0.2) is 19.9 Å². The van der Waals surface area contributed by atoms with E-state index in [1.165, 1.54) is 12.4 Å². The van der Waals surface area contributed by atoms with Crippen LogP contribution in [0.25, 0.3) is 0 Å². The fraction of sp³-hybridized carbons (Fsp3) is 0.200. The molecule has 9 heteroatoms. The molecule has 4 rings (SSSR count). The Kier molecular flexibility index (Phi) is 5.25. The van der Waals surface area contributed by atoms with E-state index in [9.17, 15) is 4.79 Å². The number of nitrogens with one attached hydrogen (secondary N) is 1. The zero-order valence-corrected chi connectivity index (χ0v) is 15.6. The fourth-order valence-electron chi connectivity index (χ4n) is 3.03. The zero-order valence-electron chi connectivity index (χ0n) is 15.6. The molecule has 3 aromatic rings. The average molecular weight is 386 g/mol. The quantitative estimate of drug-likeness (QED) is 0.721. The molecule has 1 aliphatic heterocycles. The molecule has 0 bridgehead atoms. The number of hydrogen-bond acceptors (Lipinski definition) is 8. The van der Waals surface area contributed by atoms with Crippen molar-refractivity contribution in [3.05, 3.63) is 66.2 Å². The van der Waals surface area contributed by atoms with E-state index in [4.69, 9.17) is 5.26 Å². The van der Waals surface area contributed by atoms with Crippen molar-refractivity contribution < 1.29 is 4.79 Å². The first-order valence-corrected chi connectivity index (χ1v) is 9.13. The molecule has 0 atom stereocenters. The first kappa shape index (κ1) is 18.3. The summed E-state index contributed by atoms with van der Waals surface area (Å²) < 4.78 is 0. The Balaban J connectivity index is 1.37. The Labute approximate surface area is 167 Å². The van der Waals surface area contributed by atoms with Gasteiger partial charge >= 0.3 is 0 Å². The molecule has 2 aromatic heterocycles. The van der Waals surface area contributed by atoms with E-state index in [-0.39, 0.29) is 5.91 Å². The van der Waals surface area contributed by atoms with Crippen molar-refractivity contribution in [2.24, 2.45) is 0 Å². The summed E-state index contributed by atoms with van der Waals surface area (Å²) in [4.78, 5) is 33.8. The molecular weight excluding hydrogens is 368 g/mol. The lowest BCUT2D eigenvalue weighted by atomic mass is 10.2. The van der Waals surface area contributed by atoms with Crippen LogP contribution in [0, 0.1) is 11.3 Å². The van der Waals surface area contributed by atoms with Gasteiger partial charge in [0.25, 0.3) is 5.91 Å². The highest BCUT2D eigenvalue weighted by atomic mass is 16.1. The highest BCUT2D eigenvalue weighted by molar-refractivity contribution is 6.03. The number of aromatic nitrogens is 4. The monoisotopic (exact) mass is 386 g/mol. The van der Waals surface area contributed by atoms with Crippen LogP contribution < -0.4 is 15.1 Å². The smallest absolute Gasteiger partial charge is 0.258 e. The Morgan fingerprint density at radius 3 is 2.17 bits per heavy atom. The van der Waals surface area contributed by atoms with E-state index in [1.54, 1.807) is 42.7 Å². The van der Waals surface area contributed by atoms with Crippen LogP contribution in [0.2, 0.25) is 0 Å². The van der Waals surface area contributed by atoms with Gasteiger partial charge in [-0.2, -0.15) is 5.26 Å². The number of carbonyl (C=O) groups excluding carboxylic acids is 1. The maximum Gasteiger partial charge on any atom is 0.258 e. The van der Waals surface area contributed by atoms with Gasteiger partial charge in [0.05, 0.1) is 17.2 Å². The summed E-state index contributed by atoms with van der Waals surface area (Å²) in [7, 11) is 0. The summed E-state index contributed by atoms with van der Waals surface area (Å²) in [5, 5.41) is 11.7. The van der Waals surface area contributed by atoms with Gasteiger partial charge in [0, 0.05) is 56.7 Å². The van der Waals surface area contributed by atoms with Crippen LogP contribution >= 0.6 is 0 Å². The lowest BCUT2D eigenvalue weighted by Gasteiger charge is -2.34. The molecule has 1 aromatic carbocycles. The minimum absolute atomic E-state index is 0.322. The molecule has 9 nitrogen and oxygen atoms in total. The third kappa shape index (κ3) is 4.27. The van der Waals surface area contributed by atoms with Crippen molar-refractivity contribution >= 4 is 23.5 Å². The lowest BCUT2D eigenvalue weighted by Crippen LogP contribution is -2.47. The van der Waals surface area contributed by atoms with Crippen LogP contribution in [0.1, 0.15) is 15.9 Å². The maximum absolute atomic E-state index is 12.4. The van der Waals surface area contributed by atoms with Crippen LogP contribution in [0.15, 0.2) is 55.1 Å². The van der Waals surface area contributed by atoms with E-state index in [1.807, 2.05) is 6.07 Å². The molecule has 0 aliphatic carbocycles. The van der Waals surface area contributed by atoms with Crippen LogP contribution in [-0.4, -0.2) is 52.0 Å². The van der Waals surface area contributed by atoms with Crippen molar-refractivity contribution in [2.75, 3.05) is 41.3 Å². The van der Waals surface area contributed by atoms with Crippen LogP contribution in [-0.2, 0) is 0 Å². The van der Waals surface area contributed by atoms with Crippen LogP contribution in [0.5, 0.6) is 0 Å². The van der Waals surface area contributed by atoms with Gasteiger partial charge in [-0.1, -0.05) is 6.07 Å². The Bertz CT molecular complexity index is 1020. The molecule has 144 valence electrons. The molecule has 1 aliphatic rings. The predicted molar refractivity (Wildman–Crippen MR) is 108 cm³/mol. The predicted octanol–water partition coefficient (Wildman–Crippen LogP) is 1.72. The SMILES string of the molecule is N#Cc1cccc(NC(=O)c2cnc(N3CCN(c4ncccn4)CC3)nc2)c1. The molecule has 29 heavy (non-hydrogen) atoms. The summed E-state index contributed by atoms with van der Waals surface area (Å²) >= 11 is 0. The first-order valence-electron chi connectivity index (χ1n) is 9.13. The number of hydrogen-bond donors (Lipinski definition) is 1. The summed E-state index contributed by atoms with van der Waals surface area (Å²) in [5.74, 6) is 0.986. The molecule has 1 fully saturated rings. The fourth-order valence-corrected chi connectivity index (χ4v) is 3.03. The molecule has 0 radical (unpaired) electrons. The Morgan fingerprint density at radius 2 is 1.55 bits per heavy atom. The first-order chi connectivity index (χ1) is 14.2. The number of rotatable bonds is 4. The Hall–Kier alpha value is -4.06. The van der Waals surface area contributed by atoms with E-state index < -0.39 is 0 Å². The number of benzene rings is 1. The van der Waals surface area contributed by atoms with E-state index in [0.29, 0.717) is 22.8 Å². The number of nitrogens with zero attached hydrogens (tertiary/aromatic N) is 7. The number of carbonyl (C=O) groups is 1. The highest BCUT2D eigenvalue weighted by Gasteiger charge is 2.20. The summed E-state index contributed by atoms with van der Waals surface area (Å²) in [6.07, 6.45) is 6.49. The summed E-state index contributed by atoms with van der Waals surface area (Å²) in [6, 6.07) is 10.6. The third-order valence-electron chi connectivity index (χ3n) is 4.55. The van der Waals surface area contributed by atoms with Crippen LogP contribution in [0.3, 0.4) is 0 Å². The van der Waals surface area contributed by atoms with E-state index >= 15 is 0 Å². The highest BCUT2D eigenvalue weighted by Crippen LogP contribution is 2.15. The van der Waals surface area contributed by atoms with Crippen LogP contribution in [0.4, 0.5) is 17.6 Å². The number of anilines is 3. The molecule has 1 N–H and O–H groups in total. The summed E-state index contributed by atoms with van der Waals surface area (Å²) in [5.41, 5.74) is 1.39. The molecule has 1 saturated heterocycles. The summed E-state index contributed by atoms with van der Waals surface area (Å²) in [6.45, 7) is 3.02. The van der Waals surface area contributed by atoms with E-state index in [0.717, 1.165) is 32.1 Å². The van der Waals surface area contributed by atoms with Gasteiger partial charge in [0.1, 0.15) is 0 Å². The second-order valence-electron chi connectivity index (χ2n) is 6.44. The number of piperazine rings is 1.